The summed E-state index contributed by atoms with van der Waals surface area (Å²) in [5, 5.41) is 6.54. The van der Waals surface area contributed by atoms with Gasteiger partial charge in [0.25, 0.3) is 5.91 Å². The number of Topliss-reactive ketones (excluding diaryl/α,β-unsaturated/α-hetero) is 1. The van der Waals surface area contributed by atoms with Crippen LogP contribution in [0.25, 0.3) is 5.69 Å². The van der Waals surface area contributed by atoms with Crippen molar-refractivity contribution in [2.45, 2.75) is 96.6 Å². The Balaban J connectivity index is 1.27. The molecule has 1 atom stereocenters. The average molecular weight is 553 g/mol. The number of fused-ring (bicyclic) bond motifs is 3. The number of nitrogens with two attached hydrogens (primary N) is 1. The summed E-state index contributed by atoms with van der Waals surface area (Å²) in [6.07, 6.45) is 5.50. The van der Waals surface area contributed by atoms with Crippen LogP contribution in [0.15, 0.2) is 12.1 Å². The first-order valence-corrected chi connectivity index (χ1v) is 14.3. The molecule has 0 radical (unpaired) electrons. The highest BCUT2D eigenvalue weighted by Crippen LogP contribution is 2.43. The molecule has 1 saturated carbocycles. The maximum Gasteiger partial charge on any atom is 0.323 e. The van der Waals surface area contributed by atoms with Gasteiger partial charge in [0.2, 0.25) is 0 Å². The van der Waals surface area contributed by atoms with E-state index in [1.54, 1.807) is 6.07 Å². The zero-order valence-electron chi connectivity index (χ0n) is 23.1. The van der Waals surface area contributed by atoms with Crippen molar-refractivity contribution in [2.24, 2.45) is 11.1 Å². The number of ether oxygens (including phenoxy) is 2. The Morgan fingerprint density at radius 3 is 2.60 bits per heavy atom. The van der Waals surface area contributed by atoms with Gasteiger partial charge >= 0.3 is 5.97 Å². The van der Waals surface area contributed by atoms with Crippen LogP contribution in [-0.2, 0) is 33.9 Å². The Bertz CT molecular complexity index is 1370. The number of benzene rings is 1. The van der Waals surface area contributed by atoms with Gasteiger partial charge < -0.3 is 30.4 Å². The molecule has 2 aliphatic carbocycles. The van der Waals surface area contributed by atoms with Crippen molar-refractivity contribution in [1.82, 2.24) is 9.88 Å². The monoisotopic (exact) mass is 552 g/mol. The molecule has 4 N–H and O–H groups in total. The Kier molecular flexibility index (Phi) is 6.94. The van der Waals surface area contributed by atoms with E-state index in [1.807, 2.05) is 4.57 Å². The topological polar surface area (TPSA) is 125 Å². The molecule has 1 aromatic carbocycles. The number of rotatable bonds is 6. The quantitative estimate of drug-likeness (QED) is 0.464. The molecule has 0 spiro atoms. The molecule has 4 aliphatic rings. The summed E-state index contributed by atoms with van der Waals surface area (Å²) in [6, 6.07) is 2.82. The van der Waals surface area contributed by atoms with Gasteiger partial charge in [-0.15, -0.1) is 0 Å². The molecule has 40 heavy (non-hydrogen) atoms. The number of nitrogens with zero attached hydrogens (tertiary/aromatic N) is 1. The number of amides is 1. The summed E-state index contributed by atoms with van der Waals surface area (Å²) < 4.78 is 28.9. The van der Waals surface area contributed by atoms with Gasteiger partial charge in [-0.05, 0) is 69.0 Å². The van der Waals surface area contributed by atoms with Crippen LogP contribution in [0.1, 0.15) is 96.5 Å². The molecule has 1 amide bonds. The van der Waals surface area contributed by atoms with E-state index in [-0.39, 0.29) is 40.9 Å². The van der Waals surface area contributed by atoms with Crippen LogP contribution in [0.4, 0.5) is 10.1 Å². The van der Waals surface area contributed by atoms with Gasteiger partial charge in [-0.3, -0.25) is 14.4 Å². The molecular weight excluding hydrogens is 515 g/mol. The molecular formula is C30H37FN4O5. The van der Waals surface area contributed by atoms with Crippen molar-refractivity contribution in [3.8, 4) is 5.69 Å². The number of carbonyl (C=O) groups is 3. The largest absolute Gasteiger partial charge is 0.461 e. The first-order chi connectivity index (χ1) is 19.1. The van der Waals surface area contributed by atoms with E-state index in [1.165, 1.54) is 6.07 Å². The van der Waals surface area contributed by atoms with Crippen LogP contribution in [0.2, 0.25) is 0 Å². The first-order valence-electron chi connectivity index (χ1n) is 14.3. The lowest BCUT2D eigenvalue weighted by Gasteiger charge is -2.31. The van der Waals surface area contributed by atoms with Crippen molar-refractivity contribution in [3.63, 3.8) is 0 Å². The number of ketones is 1. The minimum absolute atomic E-state index is 0.0413. The highest BCUT2D eigenvalue weighted by molar-refractivity contribution is 6.01. The minimum atomic E-state index is -0.849. The molecule has 2 fully saturated rings. The van der Waals surface area contributed by atoms with E-state index >= 15 is 4.39 Å². The fourth-order valence-corrected chi connectivity index (χ4v) is 6.90. The van der Waals surface area contributed by atoms with Crippen molar-refractivity contribution >= 4 is 23.3 Å². The maximum absolute atomic E-state index is 15.6. The highest BCUT2D eigenvalue weighted by Gasteiger charge is 2.39. The summed E-state index contributed by atoms with van der Waals surface area (Å²) in [5.74, 6) is -1.67. The number of carbonyl (C=O) groups excluding carboxylic acids is 3. The molecule has 1 aromatic heterocycles. The second kappa shape index (κ2) is 10.3. The second-order valence-corrected chi connectivity index (χ2v) is 12.4. The number of aromatic nitrogens is 1. The molecule has 2 aliphatic heterocycles. The fraction of sp³-hybridized carbons (Fsp3) is 0.567. The Morgan fingerprint density at radius 2 is 1.90 bits per heavy atom. The summed E-state index contributed by atoms with van der Waals surface area (Å²) in [6.45, 7) is 5.65. The first kappa shape index (κ1) is 27.0. The van der Waals surface area contributed by atoms with Crippen LogP contribution in [0.5, 0.6) is 0 Å². The third-order valence-corrected chi connectivity index (χ3v) is 8.77. The lowest BCUT2D eigenvalue weighted by atomic mass is 9.75. The van der Waals surface area contributed by atoms with Crippen LogP contribution in [-0.4, -0.2) is 47.0 Å². The second-order valence-electron chi connectivity index (χ2n) is 12.4. The van der Waals surface area contributed by atoms with Gasteiger partial charge in [0.05, 0.1) is 35.8 Å². The number of nitrogens with one attached hydrogen (secondary N) is 2. The molecule has 10 heteroatoms. The van der Waals surface area contributed by atoms with Gasteiger partial charge in [-0.25, -0.2) is 4.39 Å². The Labute approximate surface area is 232 Å². The molecule has 214 valence electrons. The zero-order valence-corrected chi connectivity index (χ0v) is 23.1. The van der Waals surface area contributed by atoms with Crippen molar-refractivity contribution in [1.29, 1.82) is 0 Å². The summed E-state index contributed by atoms with van der Waals surface area (Å²) in [7, 11) is 0. The lowest BCUT2D eigenvalue weighted by molar-refractivity contribution is -0.152. The number of primary amides is 1. The van der Waals surface area contributed by atoms with E-state index in [9.17, 15) is 14.4 Å². The number of hydrogen-bond donors (Lipinski definition) is 3. The van der Waals surface area contributed by atoms with Crippen LogP contribution < -0.4 is 16.4 Å². The predicted molar refractivity (Wildman–Crippen MR) is 146 cm³/mol. The van der Waals surface area contributed by atoms with Gasteiger partial charge in [-0.2, -0.15) is 0 Å². The van der Waals surface area contributed by atoms with Crippen LogP contribution in [0.3, 0.4) is 0 Å². The molecule has 0 unspecified atom stereocenters. The third-order valence-electron chi connectivity index (χ3n) is 8.77. The molecule has 2 aromatic rings. The maximum atomic E-state index is 15.6. The third kappa shape index (κ3) is 4.92. The lowest BCUT2D eigenvalue weighted by Crippen LogP contribution is -2.37. The van der Waals surface area contributed by atoms with Crippen molar-refractivity contribution in [3.05, 3.63) is 46.0 Å². The smallest absolute Gasteiger partial charge is 0.323 e. The Hall–Kier alpha value is -3.24. The normalized spacial score (nSPS) is 25.4. The predicted octanol–water partition coefficient (Wildman–Crippen LogP) is 3.92. The molecule has 0 bridgehead atoms. The standard InChI is InChI=1S/C30H37FN4O5/c1-30(2)12-23-26(25(36)13-30)19-14-39-15-24(19)35(23)17-10-20(31)27(28(32)37)22(11-17)34-16-5-7-18(8-6-16)40-29(38)21-4-3-9-33-21/h10-11,16,18,21,33-34H,3-9,12-15H2,1-2H3,(H2,32,37)/t16-,18-,21-/m0/s1. The molecule has 6 rings (SSSR count). The minimum Gasteiger partial charge on any atom is -0.461 e. The number of esters is 1. The SMILES string of the molecule is CC1(C)CC(=O)c2c3c(n(-c4cc(F)c(C(N)=O)c(N[C@H]5CC[C@H](OC(=O)[C@@H]6CCCN6)CC5)c4)c2C1)COC3. The van der Waals surface area contributed by atoms with Crippen molar-refractivity contribution in [2.75, 3.05) is 11.9 Å². The Morgan fingerprint density at radius 1 is 1.12 bits per heavy atom. The average Bonchev–Trinajstić information content (AvgIpc) is 3.61. The van der Waals surface area contributed by atoms with Gasteiger partial charge in [0.15, 0.2) is 5.78 Å². The summed E-state index contributed by atoms with van der Waals surface area (Å²) in [5.41, 5.74) is 9.37. The van der Waals surface area contributed by atoms with Gasteiger partial charge in [0, 0.05) is 29.3 Å². The molecule has 3 heterocycles. The van der Waals surface area contributed by atoms with E-state index in [0.717, 1.165) is 36.3 Å². The summed E-state index contributed by atoms with van der Waals surface area (Å²) in [4.78, 5) is 37.9. The van der Waals surface area contributed by atoms with Crippen molar-refractivity contribution < 1.29 is 28.2 Å². The highest BCUT2D eigenvalue weighted by atomic mass is 19.1. The van der Waals surface area contributed by atoms with Gasteiger partial charge in [0.1, 0.15) is 18.0 Å². The van der Waals surface area contributed by atoms with E-state index in [4.69, 9.17) is 15.2 Å². The van der Waals surface area contributed by atoms with Crippen LogP contribution >= 0.6 is 0 Å². The number of hydrogen-bond acceptors (Lipinski definition) is 7. The molecule has 9 nitrogen and oxygen atoms in total. The molecule has 1 saturated heterocycles. The summed E-state index contributed by atoms with van der Waals surface area (Å²) >= 11 is 0. The van der Waals surface area contributed by atoms with E-state index < -0.39 is 11.7 Å². The van der Waals surface area contributed by atoms with E-state index in [2.05, 4.69) is 24.5 Å². The number of halogens is 1. The zero-order chi connectivity index (χ0) is 28.2. The van der Waals surface area contributed by atoms with Gasteiger partial charge in [-0.1, -0.05) is 13.8 Å². The van der Waals surface area contributed by atoms with E-state index in [0.29, 0.717) is 68.7 Å². The fourth-order valence-electron chi connectivity index (χ4n) is 6.90. The van der Waals surface area contributed by atoms with Crippen LogP contribution in [0, 0.1) is 11.2 Å². The number of anilines is 1.